The molecule has 3 aromatic carbocycles. The van der Waals surface area contributed by atoms with Crippen LogP contribution in [0.3, 0.4) is 0 Å². The van der Waals surface area contributed by atoms with Gasteiger partial charge in [-0.15, -0.1) is 0 Å². The van der Waals surface area contributed by atoms with Crippen LogP contribution in [0.25, 0.3) is 22.0 Å². The molecule has 0 unspecified atom stereocenters. The average Bonchev–Trinajstić information content (AvgIpc) is 3.31. The van der Waals surface area contributed by atoms with Gasteiger partial charge in [0.2, 0.25) is 23.0 Å². The van der Waals surface area contributed by atoms with Crippen molar-refractivity contribution >= 4 is 28.4 Å². The van der Waals surface area contributed by atoms with Crippen LogP contribution in [0.1, 0.15) is 80.9 Å². The van der Waals surface area contributed by atoms with Crippen molar-refractivity contribution in [2.45, 2.75) is 77.4 Å². The van der Waals surface area contributed by atoms with E-state index in [2.05, 4.69) is 46.9 Å². The van der Waals surface area contributed by atoms with E-state index in [-0.39, 0.29) is 29.2 Å². The molecule has 0 saturated carbocycles. The molecule has 4 N–H and O–H groups in total. The summed E-state index contributed by atoms with van der Waals surface area (Å²) in [5.74, 6) is 1.29. The number of rotatable bonds is 10. The third-order valence-electron chi connectivity index (χ3n) is 9.70. The molecule has 0 bridgehead atoms. The van der Waals surface area contributed by atoms with Gasteiger partial charge in [-0.05, 0) is 91.0 Å². The number of para-hydroxylation sites is 1. The predicted molar refractivity (Wildman–Crippen MR) is 192 cm³/mol. The van der Waals surface area contributed by atoms with Crippen LogP contribution in [-0.4, -0.2) is 44.2 Å². The van der Waals surface area contributed by atoms with Crippen molar-refractivity contribution < 1.29 is 23.8 Å². The Labute approximate surface area is 286 Å². The van der Waals surface area contributed by atoms with Crippen molar-refractivity contribution in [2.75, 3.05) is 26.6 Å². The number of hydrogen-bond donors (Lipinski definition) is 4. The molecule has 0 radical (unpaired) electrons. The number of benzene rings is 2. The number of aromatic amines is 1. The third-order valence-corrected chi connectivity index (χ3v) is 9.70. The van der Waals surface area contributed by atoms with Crippen molar-refractivity contribution in [2.24, 2.45) is 5.92 Å². The first kappa shape index (κ1) is 33.9. The molecule has 10 heteroatoms. The summed E-state index contributed by atoms with van der Waals surface area (Å²) >= 11 is 0. The number of anilines is 1. The number of fused-ring (bicyclic) bond motifs is 6. The minimum atomic E-state index is -0.651. The summed E-state index contributed by atoms with van der Waals surface area (Å²) in [6.07, 6.45) is 4.46. The van der Waals surface area contributed by atoms with Crippen LogP contribution in [0.5, 0.6) is 17.2 Å². The SMILES string of the molecule is COc1cc2c(c(OC)c1OC)-c1ccc(N[C@@H](CC(C)C)C(=O)N[C@@H]3CCCc4c3[nH]c3ccccc43)c(=O)cc1[C@@H](NC(C)=O)CC2. The lowest BCUT2D eigenvalue weighted by molar-refractivity contribution is -0.123. The highest BCUT2D eigenvalue weighted by Gasteiger charge is 2.31. The van der Waals surface area contributed by atoms with Gasteiger partial charge in [0.15, 0.2) is 11.5 Å². The second-order valence-electron chi connectivity index (χ2n) is 13.4. The molecule has 1 heterocycles. The van der Waals surface area contributed by atoms with Crippen LogP contribution in [-0.2, 0) is 22.4 Å². The van der Waals surface area contributed by atoms with Gasteiger partial charge >= 0.3 is 0 Å². The monoisotopic (exact) mass is 666 g/mol. The summed E-state index contributed by atoms with van der Waals surface area (Å²) in [6.45, 7) is 5.59. The lowest BCUT2D eigenvalue weighted by atomic mass is 9.91. The van der Waals surface area contributed by atoms with E-state index in [4.69, 9.17) is 14.2 Å². The van der Waals surface area contributed by atoms with Gasteiger partial charge in [0, 0.05) is 29.1 Å². The molecular weight excluding hydrogens is 620 g/mol. The Morgan fingerprint density at radius 2 is 1.69 bits per heavy atom. The van der Waals surface area contributed by atoms with E-state index in [1.165, 1.54) is 17.9 Å². The zero-order valence-electron chi connectivity index (χ0n) is 29.1. The summed E-state index contributed by atoms with van der Waals surface area (Å²) in [5.41, 5.74) is 6.52. The van der Waals surface area contributed by atoms with Crippen molar-refractivity contribution in [3.8, 4) is 28.4 Å². The first-order chi connectivity index (χ1) is 23.6. The van der Waals surface area contributed by atoms with Crippen LogP contribution in [0.15, 0.2) is 53.3 Å². The molecule has 0 fully saturated rings. The van der Waals surface area contributed by atoms with Crippen LogP contribution in [0, 0.1) is 5.92 Å². The topological polar surface area (TPSA) is 131 Å². The van der Waals surface area contributed by atoms with Crippen LogP contribution < -0.4 is 35.6 Å². The highest BCUT2D eigenvalue weighted by atomic mass is 16.5. The van der Waals surface area contributed by atoms with Gasteiger partial charge in [-0.3, -0.25) is 14.4 Å². The Morgan fingerprint density at radius 3 is 2.41 bits per heavy atom. The van der Waals surface area contributed by atoms with Gasteiger partial charge in [-0.25, -0.2) is 0 Å². The molecule has 1 aromatic heterocycles. The van der Waals surface area contributed by atoms with Gasteiger partial charge in [-0.2, -0.15) is 0 Å². The van der Waals surface area contributed by atoms with Crippen LogP contribution >= 0.6 is 0 Å². The number of nitrogens with one attached hydrogen (secondary N) is 4. The summed E-state index contributed by atoms with van der Waals surface area (Å²) in [5, 5.41) is 10.9. The largest absolute Gasteiger partial charge is 0.493 e. The highest BCUT2D eigenvalue weighted by molar-refractivity contribution is 5.88. The number of amides is 2. The third kappa shape index (κ3) is 6.69. The first-order valence-electron chi connectivity index (χ1n) is 17.1. The second-order valence-corrected chi connectivity index (χ2v) is 13.4. The molecule has 0 saturated heterocycles. The average molecular weight is 667 g/mol. The first-order valence-corrected chi connectivity index (χ1v) is 17.1. The molecule has 6 rings (SSSR count). The molecular formula is C39H46N4O6. The number of hydrogen-bond acceptors (Lipinski definition) is 7. The standard InChI is InChI=1S/C39H46N4O6/c1-21(2)18-32(39(46)43-31-13-9-11-26-24-10-7-8-12-28(24)42-36(26)31)41-30-17-15-25-27(20-33(30)45)29(40-22(3)44)16-14-23-19-34(47-4)37(48-5)38(49-6)35(23)25/h7-8,10,12,15,17,19-21,29,31-32,42H,9,11,13-14,16,18H2,1-6H3,(H,40,44)(H,41,45)(H,43,46)/t29-,31+,32-/m0/s1. The Hall–Kier alpha value is -4.99. The zero-order chi connectivity index (χ0) is 34.8. The number of aromatic nitrogens is 1. The summed E-state index contributed by atoms with van der Waals surface area (Å²) in [6, 6.07) is 14.1. The van der Waals surface area contributed by atoms with Gasteiger partial charge < -0.3 is 35.1 Å². The fourth-order valence-corrected chi connectivity index (χ4v) is 7.55. The molecule has 4 aromatic rings. The number of aryl methyl sites for hydroxylation is 2. The maximum atomic E-state index is 14.0. The smallest absolute Gasteiger partial charge is 0.243 e. The van der Waals surface area contributed by atoms with Crippen LogP contribution in [0.2, 0.25) is 0 Å². The molecule has 258 valence electrons. The fraction of sp³-hybridized carbons (Fsp3) is 0.410. The highest BCUT2D eigenvalue weighted by Crippen LogP contribution is 2.50. The van der Waals surface area contributed by atoms with Crippen LogP contribution in [0.4, 0.5) is 5.69 Å². The predicted octanol–water partition coefficient (Wildman–Crippen LogP) is 6.36. The van der Waals surface area contributed by atoms with Crippen molar-refractivity contribution in [1.29, 1.82) is 0 Å². The van der Waals surface area contributed by atoms with E-state index in [0.717, 1.165) is 47.2 Å². The minimum Gasteiger partial charge on any atom is -0.493 e. The van der Waals surface area contributed by atoms with E-state index >= 15 is 0 Å². The lowest BCUT2D eigenvalue weighted by Crippen LogP contribution is -2.43. The number of methoxy groups -OCH3 is 3. The maximum Gasteiger partial charge on any atom is 0.243 e. The zero-order valence-corrected chi connectivity index (χ0v) is 29.1. The van der Waals surface area contributed by atoms with E-state index in [0.29, 0.717) is 47.8 Å². The number of carbonyl (C=O) groups is 2. The molecule has 2 aliphatic rings. The summed E-state index contributed by atoms with van der Waals surface area (Å²) in [4.78, 5) is 44.0. The molecule has 2 aliphatic carbocycles. The Morgan fingerprint density at radius 1 is 0.918 bits per heavy atom. The van der Waals surface area contributed by atoms with Crippen molar-refractivity contribution in [1.82, 2.24) is 15.6 Å². The minimum absolute atomic E-state index is 0.149. The van der Waals surface area contributed by atoms with Gasteiger partial charge in [0.05, 0.1) is 39.1 Å². The molecule has 49 heavy (non-hydrogen) atoms. The van der Waals surface area contributed by atoms with Gasteiger partial charge in [-0.1, -0.05) is 38.1 Å². The Balaban J connectivity index is 1.39. The molecule has 0 spiro atoms. The molecule has 0 aliphatic heterocycles. The fourth-order valence-electron chi connectivity index (χ4n) is 7.55. The quantitative estimate of drug-likeness (QED) is 0.155. The van der Waals surface area contributed by atoms with Gasteiger partial charge in [0.25, 0.3) is 0 Å². The second kappa shape index (κ2) is 14.2. The van der Waals surface area contributed by atoms with E-state index in [1.54, 1.807) is 33.5 Å². The molecule has 10 nitrogen and oxygen atoms in total. The number of ether oxygens (including phenoxy) is 3. The Kier molecular flexibility index (Phi) is 9.85. The number of carbonyl (C=O) groups excluding carboxylic acids is 2. The van der Waals surface area contributed by atoms with Crippen molar-refractivity contribution in [3.05, 3.63) is 81.1 Å². The van der Waals surface area contributed by atoms with Crippen molar-refractivity contribution in [3.63, 3.8) is 0 Å². The lowest BCUT2D eigenvalue weighted by Gasteiger charge is -2.27. The summed E-state index contributed by atoms with van der Waals surface area (Å²) < 4.78 is 17.3. The molecule has 2 amide bonds. The normalized spacial score (nSPS) is 17.2. The summed E-state index contributed by atoms with van der Waals surface area (Å²) in [7, 11) is 4.70. The Bertz CT molecular complexity index is 1950. The van der Waals surface area contributed by atoms with Gasteiger partial charge in [0.1, 0.15) is 6.04 Å². The maximum absolute atomic E-state index is 14.0. The van der Waals surface area contributed by atoms with E-state index in [1.807, 2.05) is 24.3 Å². The van der Waals surface area contributed by atoms with E-state index in [9.17, 15) is 14.4 Å². The number of H-pyrrole nitrogens is 1. The molecule has 3 atom stereocenters. The van der Waals surface area contributed by atoms with E-state index < -0.39 is 12.1 Å².